The lowest BCUT2D eigenvalue weighted by molar-refractivity contribution is -0.137. The lowest BCUT2D eigenvalue weighted by Crippen LogP contribution is -2.38. The molecule has 6 heteroatoms. The topological polar surface area (TPSA) is 33.5 Å². The van der Waals surface area contributed by atoms with Crippen LogP contribution in [0.15, 0.2) is 53.2 Å². The average molecular weight is 363 g/mol. The molecule has 138 valence electrons. The zero-order chi connectivity index (χ0) is 18.6. The molecule has 1 aliphatic rings. The molecular formula is C20H20F3NO2. The molecular weight excluding hydrogens is 343 g/mol. The first-order valence-electron chi connectivity index (χ1n) is 8.57. The van der Waals surface area contributed by atoms with Gasteiger partial charge in [0.15, 0.2) is 5.78 Å². The zero-order valence-corrected chi connectivity index (χ0v) is 14.2. The van der Waals surface area contributed by atoms with E-state index >= 15 is 0 Å². The third-order valence-corrected chi connectivity index (χ3v) is 4.56. The van der Waals surface area contributed by atoms with Crippen LogP contribution in [0.3, 0.4) is 0 Å². The van der Waals surface area contributed by atoms with Crippen molar-refractivity contribution in [2.45, 2.75) is 19.0 Å². The Morgan fingerprint density at radius 2 is 2.00 bits per heavy atom. The van der Waals surface area contributed by atoms with Crippen molar-refractivity contribution in [3.05, 3.63) is 65.6 Å². The van der Waals surface area contributed by atoms with Gasteiger partial charge in [0.1, 0.15) is 5.76 Å². The number of rotatable bonds is 5. The summed E-state index contributed by atoms with van der Waals surface area (Å²) in [6.07, 6.45) is 2.76. The van der Waals surface area contributed by atoms with E-state index in [0.29, 0.717) is 18.7 Å². The van der Waals surface area contributed by atoms with Gasteiger partial charge in [-0.2, -0.15) is 13.2 Å². The lowest BCUT2D eigenvalue weighted by Gasteiger charge is -2.31. The first-order chi connectivity index (χ1) is 12.4. The number of hydrogen-bond donors (Lipinski definition) is 0. The van der Waals surface area contributed by atoms with Crippen LogP contribution in [0.4, 0.5) is 13.2 Å². The molecule has 1 aliphatic heterocycles. The number of benzene rings is 1. The minimum atomic E-state index is -4.39. The second-order valence-corrected chi connectivity index (χ2v) is 6.46. The third-order valence-electron chi connectivity index (χ3n) is 4.56. The summed E-state index contributed by atoms with van der Waals surface area (Å²) < 4.78 is 43.2. The molecule has 1 aromatic heterocycles. The van der Waals surface area contributed by atoms with Gasteiger partial charge in [0.05, 0.1) is 11.8 Å². The van der Waals surface area contributed by atoms with Crippen LogP contribution in [0.25, 0.3) is 6.08 Å². The molecule has 0 radical (unpaired) electrons. The molecule has 0 aliphatic carbocycles. The van der Waals surface area contributed by atoms with Gasteiger partial charge < -0.3 is 4.42 Å². The van der Waals surface area contributed by atoms with E-state index in [-0.39, 0.29) is 11.7 Å². The molecule has 1 fully saturated rings. The van der Waals surface area contributed by atoms with Gasteiger partial charge in [0, 0.05) is 24.6 Å². The number of carbonyl (C=O) groups excluding carboxylic acids is 1. The van der Waals surface area contributed by atoms with E-state index in [9.17, 15) is 18.0 Å². The average Bonchev–Trinajstić information content (AvgIpc) is 3.14. The fourth-order valence-corrected chi connectivity index (χ4v) is 3.20. The Morgan fingerprint density at radius 1 is 1.23 bits per heavy atom. The molecule has 2 aromatic rings. The first kappa shape index (κ1) is 18.5. The van der Waals surface area contributed by atoms with Gasteiger partial charge in [-0.05, 0) is 49.7 Å². The quantitative estimate of drug-likeness (QED) is 0.708. The molecule has 0 saturated carbocycles. The summed E-state index contributed by atoms with van der Waals surface area (Å²) in [4.78, 5) is 14.8. The number of Topliss-reactive ketones (excluding diaryl/α,β-unsaturated/α-hetero) is 1. The smallest absolute Gasteiger partial charge is 0.416 e. The van der Waals surface area contributed by atoms with Crippen molar-refractivity contribution < 1.29 is 22.4 Å². The number of alkyl halides is 3. The first-order valence-corrected chi connectivity index (χ1v) is 8.57. The molecule has 2 heterocycles. The van der Waals surface area contributed by atoms with Crippen molar-refractivity contribution in [3.63, 3.8) is 0 Å². The predicted octanol–water partition coefficient (Wildman–Crippen LogP) is 4.91. The minimum absolute atomic E-state index is 0.0848. The molecule has 0 N–H and O–H groups in total. The number of piperidine rings is 1. The van der Waals surface area contributed by atoms with Crippen molar-refractivity contribution in [1.82, 2.24) is 4.90 Å². The maximum atomic E-state index is 12.6. The Balaban J connectivity index is 1.59. The monoisotopic (exact) mass is 363 g/mol. The largest absolute Gasteiger partial charge is 0.465 e. The summed E-state index contributed by atoms with van der Waals surface area (Å²) in [6.45, 7) is 2.22. The van der Waals surface area contributed by atoms with Crippen molar-refractivity contribution >= 4 is 11.9 Å². The van der Waals surface area contributed by atoms with E-state index in [1.165, 1.54) is 12.1 Å². The summed E-state index contributed by atoms with van der Waals surface area (Å²) in [6, 6.07) is 8.19. The van der Waals surface area contributed by atoms with E-state index in [0.717, 1.165) is 37.3 Å². The standard InChI is InChI=1S/C20H20F3NO2/c21-20(22,23)17-9-7-15(8-10-17)19(25)16-4-1-11-24(14-16)12-2-5-18-6-3-13-26-18/h2-3,5-10,13,16H,1,4,11-12,14H2/b5-2+. The maximum Gasteiger partial charge on any atom is 0.416 e. The second-order valence-electron chi connectivity index (χ2n) is 6.46. The molecule has 1 aromatic carbocycles. The molecule has 0 spiro atoms. The maximum absolute atomic E-state index is 12.6. The predicted molar refractivity (Wildman–Crippen MR) is 92.7 cm³/mol. The van der Waals surface area contributed by atoms with E-state index in [2.05, 4.69) is 4.90 Å². The van der Waals surface area contributed by atoms with Crippen molar-refractivity contribution in [3.8, 4) is 0 Å². The Morgan fingerprint density at radius 3 is 2.65 bits per heavy atom. The van der Waals surface area contributed by atoms with Gasteiger partial charge in [-0.1, -0.05) is 18.2 Å². The second kappa shape index (κ2) is 7.91. The number of hydrogen-bond acceptors (Lipinski definition) is 3. The molecule has 1 unspecified atom stereocenters. The highest BCUT2D eigenvalue weighted by Crippen LogP contribution is 2.30. The minimum Gasteiger partial charge on any atom is -0.465 e. The highest BCUT2D eigenvalue weighted by Gasteiger charge is 2.31. The summed E-state index contributed by atoms with van der Waals surface area (Å²) >= 11 is 0. The lowest BCUT2D eigenvalue weighted by atomic mass is 9.89. The fourth-order valence-electron chi connectivity index (χ4n) is 3.20. The van der Waals surface area contributed by atoms with Crippen LogP contribution in [-0.2, 0) is 6.18 Å². The molecule has 3 rings (SSSR count). The van der Waals surface area contributed by atoms with E-state index in [4.69, 9.17) is 4.42 Å². The number of halogens is 3. The molecule has 26 heavy (non-hydrogen) atoms. The normalized spacial score (nSPS) is 19.1. The molecule has 1 atom stereocenters. The highest BCUT2D eigenvalue weighted by molar-refractivity contribution is 5.98. The van der Waals surface area contributed by atoms with Crippen molar-refractivity contribution in [1.29, 1.82) is 0 Å². The van der Waals surface area contributed by atoms with Crippen LogP contribution in [0.1, 0.15) is 34.5 Å². The Labute approximate surface area is 150 Å². The van der Waals surface area contributed by atoms with E-state index in [1.807, 2.05) is 24.3 Å². The van der Waals surface area contributed by atoms with E-state index < -0.39 is 11.7 Å². The van der Waals surface area contributed by atoms with Crippen molar-refractivity contribution in [2.24, 2.45) is 5.92 Å². The SMILES string of the molecule is O=C(c1ccc(C(F)(F)F)cc1)C1CCCN(C/C=C/c2ccco2)C1. The number of likely N-dealkylation sites (tertiary alicyclic amines) is 1. The van der Waals surface area contributed by atoms with Gasteiger partial charge in [-0.3, -0.25) is 9.69 Å². The van der Waals surface area contributed by atoms with Crippen LogP contribution < -0.4 is 0 Å². The molecule has 1 saturated heterocycles. The van der Waals surface area contributed by atoms with Crippen LogP contribution in [0.5, 0.6) is 0 Å². The molecule has 3 nitrogen and oxygen atoms in total. The molecule has 0 amide bonds. The van der Waals surface area contributed by atoms with Crippen LogP contribution in [0.2, 0.25) is 0 Å². The zero-order valence-electron chi connectivity index (χ0n) is 14.2. The highest BCUT2D eigenvalue weighted by atomic mass is 19.4. The third kappa shape index (κ3) is 4.64. The van der Waals surface area contributed by atoms with Gasteiger partial charge in [0.2, 0.25) is 0 Å². The van der Waals surface area contributed by atoms with E-state index in [1.54, 1.807) is 6.26 Å². The van der Waals surface area contributed by atoms with Crippen molar-refractivity contribution in [2.75, 3.05) is 19.6 Å². The van der Waals surface area contributed by atoms with Crippen LogP contribution in [0, 0.1) is 5.92 Å². The summed E-state index contributed by atoms with van der Waals surface area (Å²) in [5.41, 5.74) is -0.390. The Bertz CT molecular complexity index is 748. The number of ketones is 1. The van der Waals surface area contributed by atoms with Gasteiger partial charge >= 0.3 is 6.18 Å². The van der Waals surface area contributed by atoms with Gasteiger partial charge in [-0.15, -0.1) is 0 Å². The number of furan rings is 1. The van der Waals surface area contributed by atoms with Gasteiger partial charge in [0.25, 0.3) is 0 Å². The Kier molecular flexibility index (Phi) is 5.61. The molecule has 0 bridgehead atoms. The van der Waals surface area contributed by atoms with Crippen LogP contribution >= 0.6 is 0 Å². The summed E-state index contributed by atoms with van der Waals surface area (Å²) in [7, 11) is 0. The van der Waals surface area contributed by atoms with Crippen LogP contribution in [-0.4, -0.2) is 30.3 Å². The number of carbonyl (C=O) groups is 1. The Hall–Kier alpha value is -2.34. The summed E-state index contributed by atoms with van der Waals surface area (Å²) in [5.74, 6) is 0.510. The number of nitrogens with zero attached hydrogens (tertiary/aromatic N) is 1. The fraction of sp³-hybridized carbons (Fsp3) is 0.350. The van der Waals surface area contributed by atoms with Gasteiger partial charge in [-0.25, -0.2) is 0 Å². The summed E-state index contributed by atoms with van der Waals surface area (Å²) in [5, 5.41) is 0.